The average Bonchev–Trinajstić information content (AvgIpc) is 2.35. The Morgan fingerprint density at radius 1 is 1.58 bits per heavy atom. The van der Waals surface area contributed by atoms with Crippen molar-refractivity contribution >= 4 is 5.78 Å². The first-order valence-corrected chi connectivity index (χ1v) is 3.97. The minimum atomic E-state index is -0.611. The lowest BCUT2D eigenvalue weighted by Crippen LogP contribution is -2.31. The zero-order valence-corrected chi connectivity index (χ0v) is 7.66. The summed E-state index contributed by atoms with van der Waals surface area (Å²) in [5.74, 6) is -0.494. The van der Waals surface area contributed by atoms with E-state index in [9.17, 15) is 4.79 Å². The van der Waals surface area contributed by atoms with Crippen LogP contribution in [0.15, 0.2) is 12.2 Å². The summed E-state index contributed by atoms with van der Waals surface area (Å²) >= 11 is 0. The fourth-order valence-electron chi connectivity index (χ4n) is 1.04. The second-order valence-corrected chi connectivity index (χ2v) is 3.29. The van der Waals surface area contributed by atoms with E-state index in [-0.39, 0.29) is 11.9 Å². The smallest absolute Gasteiger partial charge is 0.163 e. The van der Waals surface area contributed by atoms with Crippen molar-refractivity contribution in [3.05, 3.63) is 12.2 Å². The van der Waals surface area contributed by atoms with E-state index in [2.05, 4.69) is 0 Å². The van der Waals surface area contributed by atoms with Crippen molar-refractivity contribution < 1.29 is 14.3 Å². The molecule has 0 saturated heterocycles. The summed E-state index contributed by atoms with van der Waals surface area (Å²) in [6.45, 7) is 3.65. The van der Waals surface area contributed by atoms with Gasteiger partial charge >= 0.3 is 0 Å². The zero-order chi connectivity index (χ0) is 9.19. The molecule has 1 aliphatic carbocycles. The molecule has 0 spiro atoms. The Kier molecular flexibility index (Phi) is 2.65. The molecular weight excluding hydrogens is 156 g/mol. The van der Waals surface area contributed by atoms with Gasteiger partial charge in [-0.05, 0) is 19.9 Å². The Balaban J connectivity index is 2.43. The standard InChI is InChI=1S/C9H14O3/c1-9(2,11-3)12-8-5-4-7(10)6-8/h4-5,8H,6H2,1-3H3. The van der Waals surface area contributed by atoms with Crippen molar-refractivity contribution in [3.8, 4) is 0 Å². The molecular formula is C9H14O3. The highest BCUT2D eigenvalue weighted by Crippen LogP contribution is 2.19. The van der Waals surface area contributed by atoms with Crippen molar-refractivity contribution in [2.75, 3.05) is 7.11 Å². The van der Waals surface area contributed by atoms with Crippen LogP contribution in [0.3, 0.4) is 0 Å². The van der Waals surface area contributed by atoms with Crippen molar-refractivity contribution in [1.29, 1.82) is 0 Å². The monoisotopic (exact) mass is 170 g/mol. The molecule has 0 aromatic heterocycles. The third kappa shape index (κ3) is 2.43. The molecule has 0 bridgehead atoms. The van der Waals surface area contributed by atoms with E-state index >= 15 is 0 Å². The van der Waals surface area contributed by atoms with Crippen LogP contribution in [0.1, 0.15) is 20.3 Å². The molecule has 0 heterocycles. The molecule has 1 unspecified atom stereocenters. The van der Waals surface area contributed by atoms with Crippen LogP contribution in [0.4, 0.5) is 0 Å². The fraction of sp³-hybridized carbons (Fsp3) is 0.667. The number of ketones is 1. The first-order valence-electron chi connectivity index (χ1n) is 3.97. The summed E-state index contributed by atoms with van der Waals surface area (Å²) in [7, 11) is 1.58. The molecule has 12 heavy (non-hydrogen) atoms. The molecule has 0 fully saturated rings. The Labute approximate surface area is 72.4 Å². The molecule has 0 N–H and O–H groups in total. The van der Waals surface area contributed by atoms with Gasteiger partial charge in [0.1, 0.15) is 0 Å². The third-order valence-corrected chi connectivity index (χ3v) is 1.83. The van der Waals surface area contributed by atoms with Crippen LogP contribution in [0.5, 0.6) is 0 Å². The molecule has 1 atom stereocenters. The lowest BCUT2D eigenvalue weighted by molar-refractivity contribution is -0.212. The van der Waals surface area contributed by atoms with Gasteiger partial charge in [-0.2, -0.15) is 0 Å². The molecule has 1 rings (SSSR count). The third-order valence-electron chi connectivity index (χ3n) is 1.83. The maximum absolute atomic E-state index is 10.8. The van der Waals surface area contributed by atoms with E-state index in [0.29, 0.717) is 6.42 Å². The number of carbonyl (C=O) groups excluding carboxylic acids is 1. The molecule has 0 aromatic carbocycles. The number of carbonyl (C=O) groups is 1. The van der Waals surface area contributed by atoms with Crippen LogP contribution < -0.4 is 0 Å². The lowest BCUT2D eigenvalue weighted by atomic mass is 10.3. The Bertz CT molecular complexity index is 206. The molecule has 3 heteroatoms. The highest BCUT2D eigenvalue weighted by molar-refractivity contribution is 5.92. The maximum Gasteiger partial charge on any atom is 0.163 e. The van der Waals surface area contributed by atoms with Crippen LogP contribution >= 0.6 is 0 Å². The largest absolute Gasteiger partial charge is 0.354 e. The molecule has 0 saturated carbocycles. The topological polar surface area (TPSA) is 35.5 Å². The van der Waals surface area contributed by atoms with Gasteiger partial charge in [-0.15, -0.1) is 0 Å². The van der Waals surface area contributed by atoms with Crippen LogP contribution in [0.25, 0.3) is 0 Å². The number of allylic oxidation sites excluding steroid dienone is 1. The minimum Gasteiger partial charge on any atom is -0.354 e. The SMILES string of the molecule is COC(C)(C)OC1C=CC(=O)C1. The van der Waals surface area contributed by atoms with Crippen LogP contribution in [0.2, 0.25) is 0 Å². The van der Waals surface area contributed by atoms with Gasteiger partial charge in [0.2, 0.25) is 0 Å². The highest BCUT2D eigenvalue weighted by atomic mass is 16.7. The molecule has 0 aliphatic heterocycles. The summed E-state index contributed by atoms with van der Waals surface area (Å²) in [4.78, 5) is 10.8. The lowest BCUT2D eigenvalue weighted by Gasteiger charge is -2.26. The van der Waals surface area contributed by atoms with Gasteiger partial charge in [-0.1, -0.05) is 6.08 Å². The second-order valence-electron chi connectivity index (χ2n) is 3.29. The van der Waals surface area contributed by atoms with E-state index in [1.54, 1.807) is 19.3 Å². The molecule has 1 aliphatic rings. The predicted molar refractivity (Wildman–Crippen MR) is 44.7 cm³/mol. The van der Waals surface area contributed by atoms with E-state index in [4.69, 9.17) is 9.47 Å². The average molecular weight is 170 g/mol. The van der Waals surface area contributed by atoms with Crippen molar-refractivity contribution in [1.82, 2.24) is 0 Å². The molecule has 0 aromatic rings. The predicted octanol–water partition coefficient (Wildman–Crippen LogP) is 1.28. The summed E-state index contributed by atoms with van der Waals surface area (Å²) < 4.78 is 10.6. The minimum absolute atomic E-state index is 0.118. The van der Waals surface area contributed by atoms with Gasteiger partial charge in [0.05, 0.1) is 6.10 Å². The van der Waals surface area contributed by atoms with Gasteiger partial charge < -0.3 is 9.47 Å². The molecule has 0 amide bonds. The van der Waals surface area contributed by atoms with Crippen LogP contribution in [-0.4, -0.2) is 24.8 Å². The van der Waals surface area contributed by atoms with Gasteiger partial charge in [0, 0.05) is 13.5 Å². The summed E-state index contributed by atoms with van der Waals surface area (Å²) in [5.41, 5.74) is 0. The first kappa shape index (κ1) is 9.42. The summed E-state index contributed by atoms with van der Waals surface area (Å²) in [6, 6.07) is 0. The number of rotatable bonds is 3. The normalized spacial score (nSPS) is 23.6. The number of ether oxygens (including phenoxy) is 2. The van der Waals surface area contributed by atoms with Gasteiger partial charge in [0.15, 0.2) is 11.6 Å². The maximum atomic E-state index is 10.8. The highest BCUT2D eigenvalue weighted by Gasteiger charge is 2.25. The molecule has 3 nitrogen and oxygen atoms in total. The van der Waals surface area contributed by atoms with Crippen molar-refractivity contribution in [3.63, 3.8) is 0 Å². The van der Waals surface area contributed by atoms with Crippen LogP contribution in [-0.2, 0) is 14.3 Å². The van der Waals surface area contributed by atoms with E-state index in [1.165, 1.54) is 0 Å². The Morgan fingerprint density at radius 3 is 2.67 bits per heavy atom. The molecule has 0 radical (unpaired) electrons. The van der Waals surface area contributed by atoms with Gasteiger partial charge in [0.25, 0.3) is 0 Å². The summed E-state index contributed by atoms with van der Waals surface area (Å²) in [6.07, 6.45) is 3.64. The quantitative estimate of drug-likeness (QED) is 0.598. The Hall–Kier alpha value is -0.670. The second kappa shape index (κ2) is 3.37. The first-order chi connectivity index (χ1) is 5.53. The van der Waals surface area contributed by atoms with Crippen molar-refractivity contribution in [2.24, 2.45) is 0 Å². The zero-order valence-electron chi connectivity index (χ0n) is 7.66. The Morgan fingerprint density at radius 2 is 2.25 bits per heavy atom. The van der Waals surface area contributed by atoms with E-state index in [1.807, 2.05) is 13.8 Å². The number of hydrogen-bond acceptors (Lipinski definition) is 3. The molecule has 68 valence electrons. The van der Waals surface area contributed by atoms with E-state index < -0.39 is 5.79 Å². The van der Waals surface area contributed by atoms with E-state index in [0.717, 1.165) is 0 Å². The van der Waals surface area contributed by atoms with Gasteiger partial charge in [-0.25, -0.2) is 0 Å². The number of hydrogen-bond donors (Lipinski definition) is 0. The fourth-order valence-corrected chi connectivity index (χ4v) is 1.04. The van der Waals surface area contributed by atoms with Gasteiger partial charge in [-0.3, -0.25) is 4.79 Å². The summed E-state index contributed by atoms with van der Waals surface area (Å²) in [5, 5.41) is 0. The van der Waals surface area contributed by atoms with Crippen LogP contribution in [0, 0.1) is 0 Å². The number of methoxy groups -OCH3 is 1. The van der Waals surface area contributed by atoms with Crippen molar-refractivity contribution in [2.45, 2.75) is 32.2 Å².